The SMILES string of the molecule is Cn1nccc1CCN1CCN(CCCl)CC1. The van der Waals surface area contributed by atoms with Crippen LogP contribution in [0.25, 0.3) is 0 Å². The Labute approximate surface area is 108 Å². The average Bonchev–Trinajstić information content (AvgIpc) is 2.75. The standard InChI is InChI=1S/C12H21ClN4/c1-15-12(2-5-14-15)3-6-16-8-10-17(7-4-13)11-9-16/h2,5H,3-4,6-11H2,1H3. The van der Waals surface area contributed by atoms with Gasteiger partial charge in [0.2, 0.25) is 0 Å². The third-order valence-corrected chi connectivity index (χ3v) is 3.64. The fourth-order valence-electron chi connectivity index (χ4n) is 2.28. The molecule has 1 aliphatic heterocycles. The predicted molar refractivity (Wildman–Crippen MR) is 70.5 cm³/mol. The number of nitrogens with zero attached hydrogens (tertiary/aromatic N) is 4. The molecule has 1 aromatic rings. The fraction of sp³-hybridized carbons (Fsp3) is 0.750. The van der Waals surface area contributed by atoms with Crippen LogP contribution in [0.5, 0.6) is 0 Å². The number of aromatic nitrogens is 2. The lowest BCUT2D eigenvalue weighted by Crippen LogP contribution is -2.47. The number of piperazine rings is 1. The lowest BCUT2D eigenvalue weighted by Gasteiger charge is -2.34. The van der Waals surface area contributed by atoms with Crippen LogP contribution in [0.3, 0.4) is 0 Å². The summed E-state index contributed by atoms with van der Waals surface area (Å²) in [7, 11) is 2.01. The summed E-state index contributed by atoms with van der Waals surface area (Å²) in [6, 6.07) is 2.10. The van der Waals surface area contributed by atoms with E-state index in [-0.39, 0.29) is 0 Å². The molecule has 4 nitrogen and oxygen atoms in total. The van der Waals surface area contributed by atoms with Crippen molar-refractivity contribution >= 4 is 11.6 Å². The number of hydrogen-bond donors (Lipinski definition) is 0. The quantitative estimate of drug-likeness (QED) is 0.729. The summed E-state index contributed by atoms with van der Waals surface area (Å²) < 4.78 is 1.96. The molecule has 0 radical (unpaired) electrons. The van der Waals surface area contributed by atoms with Crippen molar-refractivity contribution in [1.29, 1.82) is 0 Å². The molecule has 1 aromatic heterocycles. The topological polar surface area (TPSA) is 24.3 Å². The zero-order valence-corrected chi connectivity index (χ0v) is 11.2. The third kappa shape index (κ3) is 3.69. The number of hydrogen-bond acceptors (Lipinski definition) is 3. The largest absolute Gasteiger partial charge is 0.300 e. The summed E-state index contributed by atoms with van der Waals surface area (Å²) in [5.41, 5.74) is 1.31. The van der Waals surface area contributed by atoms with E-state index in [0.717, 1.165) is 51.6 Å². The van der Waals surface area contributed by atoms with E-state index in [0.29, 0.717) is 0 Å². The number of halogens is 1. The Morgan fingerprint density at radius 2 is 1.82 bits per heavy atom. The van der Waals surface area contributed by atoms with E-state index >= 15 is 0 Å². The molecule has 2 heterocycles. The van der Waals surface area contributed by atoms with Crippen LogP contribution in [-0.2, 0) is 13.5 Å². The van der Waals surface area contributed by atoms with Gasteiger partial charge in [-0.05, 0) is 6.07 Å². The van der Waals surface area contributed by atoms with E-state index in [1.165, 1.54) is 5.69 Å². The van der Waals surface area contributed by atoms with Crippen LogP contribution in [-0.4, -0.2) is 64.7 Å². The minimum Gasteiger partial charge on any atom is -0.300 e. The molecule has 0 saturated carbocycles. The highest BCUT2D eigenvalue weighted by Gasteiger charge is 2.16. The number of aryl methyl sites for hydroxylation is 1. The zero-order chi connectivity index (χ0) is 12.1. The van der Waals surface area contributed by atoms with E-state index in [4.69, 9.17) is 11.6 Å². The van der Waals surface area contributed by atoms with E-state index in [1.54, 1.807) is 0 Å². The molecule has 1 saturated heterocycles. The summed E-state index contributed by atoms with van der Waals surface area (Å²) in [4.78, 5) is 4.96. The summed E-state index contributed by atoms with van der Waals surface area (Å²) in [6.07, 6.45) is 2.96. The van der Waals surface area contributed by atoms with E-state index in [9.17, 15) is 0 Å². The normalized spacial score (nSPS) is 18.7. The molecule has 17 heavy (non-hydrogen) atoms. The second-order valence-electron chi connectivity index (χ2n) is 4.57. The van der Waals surface area contributed by atoms with Gasteiger partial charge in [-0.1, -0.05) is 0 Å². The molecule has 0 bridgehead atoms. The molecule has 0 aromatic carbocycles. The molecule has 0 atom stereocenters. The Morgan fingerprint density at radius 1 is 1.18 bits per heavy atom. The molecule has 0 N–H and O–H groups in total. The first-order valence-electron chi connectivity index (χ1n) is 6.27. The van der Waals surface area contributed by atoms with E-state index in [2.05, 4.69) is 21.0 Å². The van der Waals surface area contributed by atoms with Crippen LogP contribution >= 0.6 is 11.6 Å². The highest BCUT2D eigenvalue weighted by molar-refractivity contribution is 6.18. The first kappa shape index (κ1) is 12.9. The third-order valence-electron chi connectivity index (χ3n) is 3.47. The summed E-state index contributed by atoms with van der Waals surface area (Å²) >= 11 is 5.75. The fourth-order valence-corrected chi connectivity index (χ4v) is 2.51. The van der Waals surface area contributed by atoms with Gasteiger partial charge in [0.15, 0.2) is 0 Å². The summed E-state index contributed by atoms with van der Waals surface area (Å²) in [6.45, 7) is 6.78. The maximum atomic E-state index is 5.75. The minimum atomic E-state index is 0.745. The maximum Gasteiger partial charge on any atom is 0.0492 e. The van der Waals surface area contributed by atoms with Crippen molar-refractivity contribution in [2.75, 3.05) is 45.1 Å². The molecule has 2 rings (SSSR count). The molecule has 1 aliphatic rings. The Morgan fingerprint density at radius 3 is 2.35 bits per heavy atom. The summed E-state index contributed by atoms with van der Waals surface area (Å²) in [5, 5.41) is 4.19. The zero-order valence-electron chi connectivity index (χ0n) is 10.5. The van der Waals surface area contributed by atoms with Gasteiger partial charge in [0, 0.05) is 70.5 Å². The minimum absolute atomic E-state index is 0.745. The highest BCUT2D eigenvalue weighted by Crippen LogP contribution is 2.04. The Kier molecular flexibility index (Phi) is 4.83. The number of rotatable bonds is 5. The van der Waals surface area contributed by atoms with Gasteiger partial charge in [-0.25, -0.2) is 0 Å². The van der Waals surface area contributed by atoms with E-state index in [1.807, 2.05) is 17.9 Å². The van der Waals surface area contributed by atoms with Crippen molar-refractivity contribution in [2.24, 2.45) is 7.05 Å². The molecule has 1 fully saturated rings. The molecular weight excluding hydrogens is 236 g/mol. The highest BCUT2D eigenvalue weighted by atomic mass is 35.5. The Bertz CT molecular complexity index is 331. The first-order chi connectivity index (χ1) is 8.29. The van der Waals surface area contributed by atoms with Gasteiger partial charge >= 0.3 is 0 Å². The van der Waals surface area contributed by atoms with Gasteiger partial charge in [-0.15, -0.1) is 11.6 Å². The van der Waals surface area contributed by atoms with Crippen LogP contribution in [0.1, 0.15) is 5.69 Å². The van der Waals surface area contributed by atoms with Gasteiger partial charge in [-0.2, -0.15) is 5.10 Å². The van der Waals surface area contributed by atoms with Crippen molar-refractivity contribution in [1.82, 2.24) is 19.6 Å². The van der Waals surface area contributed by atoms with Gasteiger partial charge < -0.3 is 4.90 Å². The molecule has 96 valence electrons. The Hall–Kier alpha value is -0.580. The number of alkyl halides is 1. The van der Waals surface area contributed by atoms with Crippen LogP contribution in [0.2, 0.25) is 0 Å². The van der Waals surface area contributed by atoms with Crippen molar-refractivity contribution in [3.63, 3.8) is 0 Å². The Balaban J connectivity index is 1.70. The second kappa shape index (κ2) is 6.38. The summed E-state index contributed by atoms with van der Waals surface area (Å²) in [5.74, 6) is 0.745. The molecule has 0 unspecified atom stereocenters. The van der Waals surface area contributed by atoms with Gasteiger partial charge in [-0.3, -0.25) is 9.58 Å². The van der Waals surface area contributed by atoms with Gasteiger partial charge in [0.05, 0.1) is 0 Å². The molecule has 0 spiro atoms. The first-order valence-corrected chi connectivity index (χ1v) is 6.80. The van der Waals surface area contributed by atoms with Crippen molar-refractivity contribution in [3.05, 3.63) is 18.0 Å². The maximum absolute atomic E-state index is 5.75. The molecule has 0 aliphatic carbocycles. The van der Waals surface area contributed by atoms with E-state index < -0.39 is 0 Å². The van der Waals surface area contributed by atoms with Crippen LogP contribution in [0.15, 0.2) is 12.3 Å². The van der Waals surface area contributed by atoms with Gasteiger partial charge in [0.25, 0.3) is 0 Å². The molecular formula is C12H21ClN4. The van der Waals surface area contributed by atoms with Gasteiger partial charge in [0.1, 0.15) is 0 Å². The van der Waals surface area contributed by atoms with Crippen LogP contribution < -0.4 is 0 Å². The monoisotopic (exact) mass is 256 g/mol. The lowest BCUT2D eigenvalue weighted by molar-refractivity contribution is 0.138. The molecule has 0 amide bonds. The van der Waals surface area contributed by atoms with Crippen molar-refractivity contribution in [2.45, 2.75) is 6.42 Å². The average molecular weight is 257 g/mol. The van der Waals surface area contributed by atoms with Crippen LogP contribution in [0, 0.1) is 0 Å². The van der Waals surface area contributed by atoms with Crippen LogP contribution in [0.4, 0.5) is 0 Å². The van der Waals surface area contributed by atoms with Crippen molar-refractivity contribution < 1.29 is 0 Å². The predicted octanol–water partition coefficient (Wildman–Crippen LogP) is 0.819. The van der Waals surface area contributed by atoms with Crippen molar-refractivity contribution in [3.8, 4) is 0 Å². The second-order valence-corrected chi connectivity index (χ2v) is 4.95. The smallest absolute Gasteiger partial charge is 0.0492 e. The lowest BCUT2D eigenvalue weighted by atomic mass is 10.2. The molecule has 5 heteroatoms.